The van der Waals surface area contributed by atoms with Gasteiger partial charge >= 0.3 is 0 Å². The monoisotopic (exact) mass is 274 g/mol. The Morgan fingerprint density at radius 1 is 1.20 bits per heavy atom. The summed E-state index contributed by atoms with van der Waals surface area (Å²) in [6, 6.07) is 9.11. The van der Waals surface area contributed by atoms with E-state index in [1.807, 2.05) is 18.2 Å². The lowest BCUT2D eigenvalue weighted by molar-refractivity contribution is -0.188. The van der Waals surface area contributed by atoms with Crippen molar-refractivity contribution in [2.45, 2.75) is 31.5 Å². The van der Waals surface area contributed by atoms with Gasteiger partial charge in [-0.2, -0.15) is 0 Å². The summed E-state index contributed by atoms with van der Waals surface area (Å²) >= 11 is 0. The van der Waals surface area contributed by atoms with E-state index in [1.54, 1.807) is 12.1 Å². The van der Waals surface area contributed by atoms with Crippen LogP contribution in [-0.4, -0.2) is 30.6 Å². The Morgan fingerprint density at radius 2 is 1.90 bits per heavy atom. The predicted octanol–water partition coefficient (Wildman–Crippen LogP) is 2.37. The molecule has 106 valence electrons. The van der Waals surface area contributed by atoms with Crippen LogP contribution < -0.4 is 0 Å². The minimum atomic E-state index is -0.616. The SMILES string of the molecule is O=C(CC1CC2(CCC1=O)OCCO2)c1ccccc1. The van der Waals surface area contributed by atoms with Crippen molar-refractivity contribution in [2.24, 2.45) is 5.92 Å². The molecule has 0 N–H and O–H groups in total. The molecule has 1 aromatic rings. The lowest BCUT2D eigenvalue weighted by Gasteiger charge is -2.35. The second kappa shape index (κ2) is 5.46. The fourth-order valence-corrected chi connectivity index (χ4v) is 3.02. The number of carbonyl (C=O) groups is 2. The molecular weight excluding hydrogens is 256 g/mol. The van der Waals surface area contributed by atoms with Crippen LogP contribution in [-0.2, 0) is 14.3 Å². The maximum Gasteiger partial charge on any atom is 0.169 e. The van der Waals surface area contributed by atoms with Crippen LogP contribution in [0.2, 0.25) is 0 Å². The Morgan fingerprint density at radius 3 is 2.60 bits per heavy atom. The highest BCUT2D eigenvalue weighted by Crippen LogP contribution is 2.38. The van der Waals surface area contributed by atoms with Crippen LogP contribution in [0.25, 0.3) is 0 Å². The van der Waals surface area contributed by atoms with E-state index in [1.165, 1.54) is 0 Å². The van der Waals surface area contributed by atoms with Gasteiger partial charge in [0.15, 0.2) is 11.6 Å². The molecule has 4 heteroatoms. The minimum absolute atomic E-state index is 0.0130. The van der Waals surface area contributed by atoms with E-state index < -0.39 is 5.79 Å². The van der Waals surface area contributed by atoms with Crippen molar-refractivity contribution < 1.29 is 19.1 Å². The normalized spacial score (nSPS) is 25.0. The standard InChI is InChI=1S/C16H18O4/c17-14-6-7-16(19-8-9-20-16)11-13(14)10-15(18)12-4-2-1-3-5-12/h1-5,13H,6-11H2. The number of rotatable bonds is 3. The van der Waals surface area contributed by atoms with Crippen molar-refractivity contribution in [3.63, 3.8) is 0 Å². The van der Waals surface area contributed by atoms with E-state index in [9.17, 15) is 9.59 Å². The third kappa shape index (κ3) is 2.67. The summed E-state index contributed by atoms with van der Waals surface area (Å²) in [4.78, 5) is 24.3. The first-order chi connectivity index (χ1) is 9.69. The lowest BCUT2D eigenvalue weighted by Crippen LogP contribution is -2.41. The molecule has 2 aliphatic rings. The van der Waals surface area contributed by atoms with Crippen molar-refractivity contribution in [1.29, 1.82) is 0 Å². The Hall–Kier alpha value is -1.52. The highest BCUT2D eigenvalue weighted by atomic mass is 16.7. The molecule has 0 bridgehead atoms. The molecule has 1 unspecified atom stereocenters. The van der Waals surface area contributed by atoms with Crippen molar-refractivity contribution >= 4 is 11.6 Å². The van der Waals surface area contributed by atoms with Gasteiger partial charge in [0.1, 0.15) is 5.78 Å². The summed E-state index contributed by atoms with van der Waals surface area (Å²) in [5.74, 6) is -0.734. The third-order valence-electron chi connectivity index (χ3n) is 4.11. The fourth-order valence-electron chi connectivity index (χ4n) is 3.02. The van der Waals surface area contributed by atoms with Crippen molar-refractivity contribution in [3.8, 4) is 0 Å². The smallest absolute Gasteiger partial charge is 0.169 e. The molecule has 2 fully saturated rings. The molecular formula is C16H18O4. The molecule has 1 saturated heterocycles. The number of benzene rings is 1. The summed E-state index contributed by atoms with van der Waals surface area (Å²) in [6.07, 6.45) is 1.80. The highest BCUT2D eigenvalue weighted by molar-refractivity contribution is 5.99. The summed E-state index contributed by atoms with van der Waals surface area (Å²) in [5, 5.41) is 0. The maximum atomic E-state index is 12.2. The molecule has 3 rings (SSSR count). The number of carbonyl (C=O) groups excluding carboxylic acids is 2. The number of hydrogen-bond donors (Lipinski definition) is 0. The van der Waals surface area contributed by atoms with Crippen LogP contribution in [0.3, 0.4) is 0 Å². The summed E-state index contributed by atoms with van der Waals surface area (Å²) < 4.78 is 11.3. The Bertz CT molecular complexity index is 502. The molecule has 1 aliphatic heterocycles. The molecule has 1 saturated carbocycles. The molecule has 1 aromatic carbocycles. The first kappa shape index (κ1) is 13.5. The number of hydrogen-bond acceptors (Lipinski definition) is 4. The van der Waals surface area contributed by atoms with Crippen LogP contribution in [0.1, 0.15) is 36.0 Å². The van der Waals surface area contributed by atoms with Gasteiger partial charge in [-0.1, -0.05) is 30.3 Å². The van der Waals surface area contributed by atoms with Crippen molar-refractivity contribution in [3.05, 3.63) is 35.9 Å². The summed E-state index contributed by atoms with van der Waals surface area (Å²) in [7, 11) is 0. The first-order valence-corrected chi connectivity index (χ1v) is 7.07. The summed E-state index contributed by atoms with van der Waals surface area (Å²) in [5.41, 5.74) is 0.660. The molecule has 20 heavy (non-hydrogen) atoms. The molecule has 0 amide bonds. The largest absolute Gasteiger partial charge is 0.347 e. The zero-order valence-electron chi connectivity index (χ0n) is 11.3. The third-order valence-corrected chi connectivity index (χ3v) is 4.11. The van der Waals surface area contributed by atoms with Gasteiger partial charge in [0.05, 0.1) is 13.2 Å². The van der Waals surface area contributed by atoms with Crippen LogP contribution in [0, 0.1) is 5.92 Å². The van der Waals surface area contributed by atoms with E-state index in [4.69, 9.17) is 9.47 Å². The quantitative estimate of drug-likeness (QED) is 0.794. The van der Waals surface area contributed by atoms with E-state index in [2.05, 4.69) is 0 Å². The van der Waals surface area contributed by atoms with Gasteiger partial charge in [-0.3, -0.25) is 9.59 Å². The summed E-state index contributed by atoms with van der Waals surface area (Å²) in [6.45, 7) is 1.15. The molecule has 0 radical (unpaired) electrons. The second-order valence-electron chi connectivity index (χ2n) is 5.47. The van der Waals surface area contributed by atoms with Gasteiger partial charge < -0.3 is 9.47 Å². The van der Waals surface area contributed by atoms with E-state index >= 15 is 0 Å². The van der Waals surface area contributed by atoms with Crippen LogP contribution in [0.15, 0.2) is 30.3 Å². The van der Waals surface area contributed by atoms with Gasteiger partial charge in [0.25, 0.3) is 0 Å². The van der Waals surface area contributed by atoms with Crippen LogP contribution in [0.4, 0.5) is 0 Å². The van der Waals surface area contributed by atoms with E-state index in [0.29, 0.717) is 38.0 Å². The van der Waals surface area contributed by atoms with Crippen molar-refractivity contribution in [1.82, 2.24) is 0 Å². The molecule has 1 aliphatic carbocycles. The zero-order chi connectivity index (χ0) is 14.0. The molecule has 1 atom stereocenters. The Balaban J connectivity index is 1.69. The average molecular weight is 274 g/mol. The Kier molecular flexibility index (Phi) is 3.68. The predicted molar refractivity (Wildman–Crippen MR) is 72.4 cm³/mol. The second-order valence-corrected chi connectivity index (χ2v) is 5.47. The maximum absolute atomic E-state index is 12.2. The van der Waals surface area contributed by atoms with Gasteiger partial charge in [0, 0.05) is 37.2 Å². The van der Waals surface area contributed by atoms with Crippen molar-refractivity contribution in [2.75, 3.05) is 13.2 Å². The van der Waals surface area contributed by atoms with E-state index in [-0.39, 0.29) is 23.9 Å². The highest BCUT2D eigenvalue weighted by Gasteiger charge is 2.45. The van der Waals surface area contributed by atoms with Crippen LogP contribution in [0.5, 0.6) is 0 Å². The first-order valence-electron chi connectivity index (χ1n) is 7.07. The molecule has 1 heterocycles. The van der Waals surface area contributed by atoms with E-state index in [0.717, 1.165) is 0 Å². The zero-order valence-corrected chi connectivity index (χ0v) is 11.3. The number of Topliss-reactive ketones (excluding diaryl/α,β-unsaturated/α-hetero) is 2. The van der Waals surface area contributed by atoms with Gasteiger partial charge in [-0.05, 0) is 0 Å². The number of ketones is 2. The number of ether oxygens (including phenoxy) is 2. The van der Waals surface area contributed by atoms with Gasteiger partial charge in [-0.15, -0.1) is 0 Å². The average Bonchev–Trinajstić information content (AvgIpc) is 2.92. The lowest BCUT2D eigenvalue weighted by atomic mass is 9.80. The van der Waals surface area contributed by atoms with Gasteiger partial charge in [-0.25, -0.2) is 0 Å². The van der Waals surface area contributed by atoms with Gasteiger partial charge in [0.2, 0.25) is 0 Å². The molecule has 0 aromatic heterocycles. The topological polar surface area (TPSA) is 52.6 Å². The molecule has 4 nitrogen and oxygen atoms in total. The fraction of sp³-hybridized carbons (Fsp3) is 0.500. The molecule has 1 spiro atoms. The Labute approximate surface area is 118 Å². The van der Waals surface area contributed by atoms with Crippen LogP contribution >= 0.6 is 0 Å². The minimum Gasteiger partial charge on any atom is -0.347 e.